The number of aryl methyl sites for hydroxylation is 1. The molecule has 2 aromatic rings. The van der Waals surface area contributed by atoms with Crippen LogP contribution in [0.15, 0.2) is 28.9 Å². The minimum Gasteiger partial charge on any atom is -0.340 e. The Bertz CT molecular complexity index is 412. The van der Waals surface area contributed by atoms with Crippen molar-refractivity contribution in [2.75, 3.05) is 0 Å². The average Bonchev–Trinajstić information content (AvgIpc) is 2.66. The quantitative estimate of drug-likeness (QED) is 0.806. The van der Waals surface area contributed by atoms with E-state index in [-0.39, 0.29) is 0 Å². The minimum atomic E-state index is 0.588. The SMILES string of the molecule is Cc1nc(CNCc2ccccn2)no1. The maximum absolute atomic E-state index is 4.85. The van der Waals surface area contributed by atoms with E-state index in [1.807, 2.05) is 18.2 Å². The van der Waals surface area contributed by atoms with Gasteiger partial charge in [-0.25, -0.2) is 0 Å². The maximum atomic E-state index is 4.85. The largest absolute Gasteiger partial charge is 0.340 e. The highest BCUT2D eigenvalue weighted by Crippen LogP contribution is 1.96. The van der Waals surface area contributed by atoms with Gasteiger partial charge in [0.1, 0.15) is 0 Å². The highest BCUT2D eigenvalue weighted by molar-refractivity contribution is 5.03. The van der Waals surface area contributed by atoms with Crippen LogP contribution in [0.3, 0.4) is 0 Å². The Balaban J connectivity index is 1.80. The lowest BCUT2D eigenvalue weighted by Crippen LogP contribution is -2.14. The van der Waals surface area contributed by atoms with Crippen molar-refractivity contribution in [2.45, 2.75) is 20.0 Å². The van der Waals surface area contributed by atoms with Gasteiger partial charge in [0.15, 0.2) is 5.82 Å². The van der Waals surface area contributed by atoms with Crippen LogP contribution in [0.2, 0.25) is 0 Å². The van der Waals surface area contributed by atoms with Crippen molar-refractivity contribution in [2.24, 2.45) is 0 Å². The van der Waals surface area contributed by atoms with Crippen molar-refractivity contribution >= 4 is 0 Å². The van der Waals surface area contributed by atoms with Crippen molar-refractivity contribution in [3.8, 4) is 0 Å². The van der Waals surface area contributed by atoms with Gasteiger partial charge in [0.05, 0.1) is 12.2 Å². The van der Waals surface area contributed by atoms with Crippen molar-refractivity contribution in [1.29, 1.82) is 0 Å². The fourth-order valence-corrected chi connectivity index (χ4v) is 1.22. The number of rotatable bonds is 4. The zero-order chi connectivity index (χ0) is 10.5. The van der Waals surface area contributed by atoms with Gasteiger partial charge in [-0.05, 0) is 12.1 Å². The fraction of sp³-hybridized carbons (Fsp3) is 0.300. The fourth-order valence-electron chi connectivity index (χ4n) is 1.22. The second kappa shape index (κ2) is 4.65. The Kier molecular flexibility index (Phi) is 3.04. The summed E-state index contributed by atoms with van der Waals surface area (Å²) in [5.74, 6) is 1.26. The standard InChI is InChI=1S/C10H12N4O/c1-8-13-10(14-15-8)7-11-6-9-4-2-3-5-12-9/h2-5,11H,6-7H2,1H3. The number of hydrogen-bond acceptors (Lipinski definition) is 5. The Morgan fingerprint density at radius 2 is 2.27 bits per heavy atom. The zero-order valence-corrected chi connectivity index (χ0v) is 8.47. The molecule has 0 saturated heterocycles. The van der Waals surface area contributed by atoms with E-state index in [4.69, 9.17) is 4.52 Å². The third-order valence-corrected chi connectivity index (χ3v) is 1.89. The van der Waals surface area contributed by atoms with Crippen LogP contribution >= 0.6 is 0 Å². The summed E-state index contributed by atoms with van der Waals surface area (Å²) in [7, 11) is 0. The second-order valence-electron chi connectivity index (χ2n) is 3.15. The number of nitrogens with one attached hydrogen (secondary N) is 1. The summed E-state index contributed by atoms with van der Waals surface area (Å²) < 4.78 is 4.85. The first-order valence-corrected chi connectivity index (χ1v) is 4.74. The molecule has 0 unspecified atom stereocenters. The lowest BCUT2D eigenvalue weighted by Gasteiger charge is -1.99. The molecule has 2 heterocycles. The highest BCUT2D eigenvalue weighted by atomic mass is 16.5. The molecule has 78 valence electrons. The van der Waals surface area contributed by atoms with E-state index in [0.29, 0.717) is 24.8 Å². The summed E-state index contributed by atoms with van der Waals surface area (Å²) in [6.07, 6.45) is 1.77. The van der Waals surface area contributed by atoms with E-state index >= 15 is 0 Å². The van der Waals surface area contributed by atoms with Gasteiger partial charge in [-0.2, -0.15) is 4.98 Å². The van der Waals surface area contributed by atoms with Gasteiger partial charge in [0.25, 0.3) is 0 Å². The zero-order valence-electron chi connectivity index (χ0n) is 8.47. The molecule has 1 N–H and O–H groups in total. The van der Waals surface area contributed by atoms with E-state index in [2.05, 4.69) is 20.4 Å². The number of pyridine rings is 1. The van der Waals surface area contributed by atoms with Crippen LogP contribution in [0.1, 0.15) is 17.4 Å². The molecule has 0 aliphatic heterocycles. The summed E-state index contributed by atoms with van der Waals surface area (Å²) in [6.45, 7) is 3.07. The summed E-state index contributed by atoms with van der Waals surface area (Å²) in [5.41, 5.74) is 0.998. The van der Waals surface area contributed by atoms with Gasteiger partial charge in [-0.15, -0.1) is 0 Å². The van der Waals surface area contributed by atoms with Crippen molar-refractivity contribution in [3.05, 3.63) is 41.8 Å². The van der Waals surface area contributed by atoms with Gasteiger partial charge in [0, 0.05) is 19.7 Å². The van der Waals surface area contributed by atoms with Crippen LogP contribution in [-0.2, 0) is 13.1 Å². The summed E-state index contributed by atoms with van der Waals surface area (Å²) in [4.78, 5) is 8.27. The molecule has 5 heteroatoms. The monoisotopic (exact) mass is 204 g/mol. The maximum Gasteiger partial charge on any atom is 0.223 e. The molecule has 0 bridgehead atoms. The predicted molar refractivity (Wildman–Crippen MR) is 53.8 cm³/mol. The first-order valence-electron chi connectivity index (χ1n) is 4.74. The number of nitrogens with zero attached hydrogens (tertiary/aromatic N) is 3. The highest BCUT2D eigenvalue weighted by Gasteiger charge is 2.00. The van der Waals surface area contributed by atoms with E-state index < -0.39 is 0 Å². The van der Waals surface area contributed by atoms with E-state index in [0.717, 1.165) is 5.69 Å². The first kappa shape index (κ1) is 9.79. The molecule has 0 aliphatic carbocycles. The molecule has 0 amide bonds. The lowest BCUT2D eigenvalue weighted by atomic mass is 10.3. The topological polar surface area (TPSA) is 63.8 Å². The summed E-state index contributed by atoms with van der Waals surface area (Å²) in [6, 6.07) is 5.82. The normalized spacial score (nSPS) is 10.5. The third-order valence-electron chi connectivity index (χ3n) is 1.89. The van der Waals surface area contributed by atoms with Crippen LogP contribution in [0.4, 0.5) is 0 Å². The lowest BCUT2D eigenvalue weighted by molar-refractivity contribution is 0.385. The molecule has 0 aliphatic rings. The van der Waals surface area contributed by atoms with Gasteiger partial charge in [-0.3, -0.25) is 4.98 Å². The summed E-state index contributed by atoms with van der Waals surface area (Å²) >= 11 is 0. The Labute approximate surface area is 87.5 Å². The molecule has 0 saturated carbocycles. The molecular formula is C10H12N4O. The molecule has 5 nitrogen and oxygen atoms in total. The van der Waals surface area contributed by atoms with E-state index in [1.165, 1.54) is 0 Å². The van der Waals surface area contributed by atoms with Gasteiger partial charge in [0.2, 0.25) is 5.89 Å². The molecule has 2 aromatic heterocycles. The Morgan fingerprint density at radius 3 is 2.93 bits per heavy atom. The Morgan fingerprint density at radius 1 is 1.33 bits per heavy atom. The third kappa shape index (κ3) is 2.85. The molecule has 0 atom stereocenters. The number of aromatic nitrogens is 3. The molecule has 0 radical (unpaired) electrons. The molecule has 0 fully saturated rings. The molecule has 15 heavy (non-hydrogen) atoms. The van der Waals surface area contributed by atoms with Crippen molar-refractivity contribution < 1.29 is 4.52 Å². The van der Waals surface area contributed by atoms with E-state index in [9.17, 15) is 0 Å². The minimum absolute atomic E-state index is 0.588. The molecule has 0 spiro atoms. The summed E-state index contributed by atoms with van der Waals surface area (Å²) in [5, 5.41) is 6.96. The second-order valence-corrected chi connectivity index (χ2v) is 3.15. The van der Waals surface area contributed by atoms with Crippen molar-refractivity contribution in [1.82, 2.24) is 20.4 Å². The van der Waals surface area contributed by atoms with Crippen molar-refractivity contribution in [3.63, 3.8) is 0 Å². The van der Waals surface area contributed by atoms with Crippen LogP contribution in [0.25, 0.3) is 0 Å². The van der Waals surface area contributed by atoms with Gasteiger partial charge in [-0.1, -0.05) is 11.2 Å². The van der Waals surface area contributed by atoms with Crippen LogP contribution in [0, 0.1) is 6.92 Å². The average molecular weight is 204 g/mol. The van der Waals surface area contributed by atoms with Crippen LogP contribution in [-0.4, -0.2) is 15.1 Å². The van der Waals surface area contributed by atoms with E-state index in [1.54, 1.807) is 13.1 Å². The molecular weight excluding hydrogens is 192 g/mol. The smallest absolute Gasteiger partial charge is 0.223 e. The Hall–Kier alpha value is -1.75. The molecule has 2 rings (SSSR count). The molecule has 0 aromatic carbocycles. The first-order chi connectivity index (χ1) is 7.34. The van der Waals surface area contributed by atoms with Crippen LogP contribution in [0.5, 0.6) is 0 Å². The van der Waals surface area contributed by atoms with Gasteiger partial charge < -0.3 is 9.84 Å². The van der Waals surface area contributed by atoms with Gasteiger partial charge >= 0.3 is 0 Å². The number of hydrogen-bond donors (Lipinski definition) is 1. The van der Waals surface area contributed by atoms with Crippen LogP contribution < -0.4 is 5.32 Å². The predicted octanol–water partition coefficient (Wildman–Crippen LogP) is 1.06.